The van der Waals surface area contributed by atoms with Gasteiger partial charge in [-0.3, -0.25) is 0 Å². The molecule has 2 aromatic rings. The van der Waals surface area contributed by atoms with Gasteiger partial charge in [-0.1, -0.05) is 33.2 Å². The van der Waals surface area contributed by atoms with Crippen molar-refractivity contribution in [3.05, 3.63) is 62.0 Å². The molecule has 0 spiro atoms. The lowest BCUT2D eigenvalue weighted by Crippen LogP contribution is -2.05. The summed E-state index contributed by atoms with van der Waals surface area (Å²) in [5.74, 6) is 0.240. The average molecular weight is 439 g/mol. The van der Waals surface area contributed by atoms with Crippen LogP contribution in [0.3, 0.4) is 0 Å². The van der Waals surface area contributed by atoms with Crippen LogP contribution in [0.1, 0.15) is 27.9 Å². The van der Waals surface area contributed by atoms with Gasteiger partial charge in [0.1, 0.15) is 5.75 Å². The molecule has 0 amide bonds. The number of methoxy groups -OCH3 is 1. The molecule has 4 nitrogen and oxygen atoms in total. The molecule has 0 N–H and O–H groups in total. The Balaban J connectivity index is 1.88. The molecule has 0 aliphatic heterocycles. The number of ether oxygens (including phenoxy) is 1. The zero-order valence-corrected chi connectivity index (χ0v) is 15.5. The number of oxime groups is 1. The van der Waals surface area contributed by atoms with Crippen molar-refractivity contribution in [1.29, 1.82) is 0 Å². The van der Waals surface area contributed by atoms with E-state index in [-0.39, 0.29) is 0 Å². The minimum absolute atomic E-state index is 0.441. The second kappa shape index (κ2) is 6.84. The molecule has 0 radical (unpaired) electrons. The first kappa shape index (κ1) is 16.2. The van der Waals surface area contributed by atoms with Crippen LogP contribution < -0.4 is 4.74 Å². The average Bonchev–Trinajstić information content (AvgIpc) is 2.98. The van der Waals surface area contributed by atoms with Gasteiger partial charge in [0, 0.05) is 14.5 Å². The van der Waals surface area contributed by atoms with Crippen LogP contribution in [-0.4, -0.2) is 18.8 Å². The van der Waals surface area contributed by atoms with Crippen LogP contribution in [0.25, 0.3) is 0 Å². The van der Waals surface area contributed by atoms with Crippen LogP contribution in [0.15, 0.2) is 50.5 Å². The molecule has 0 aromatic heterocycles. The molecular weight excluding hydrogens is 426 g/mol. The van der Waals surface area contributed by atoms with Crippen LogP contribution in [-0.2, 0) is 11.3 Å². The molecule has 0 saturated carbocycles. The lowest BCUT2D eigenvalue weighted by Gasteiger charge is -2.09. The van der Waals surface area contributed by atoms with E-state index < -0.39 is 5.97 Å². The minimum Gasteiger partial charge on any atom is -0.496 e. The second-order valence-corrected chi connectivity index (χ2v) is 6.71. The zero-order chi connectivity index (χ0) is 16.4. The first-order valence-corrected chi connectivity index (χ1v) is 8.59. The predicted octanol–water partition coefficient (Wildman–Crippen LogP) is 4.73. The zero-order valence-electron chi connectivity index (χ0n) is 12.3. The maximum absolute atomic E-state index is 12.2. The number of fused-ring (bicyclic) bond motifs is 1. The fourth-order valence-electron chi connectivity index (χ4n) is 2.56. The number of rotatable bonds is 3. The van der Waals surface area contributed by atoms with E-state index in [2.05, 4.69) is 37.0 Å². The summed E-state index contributed by atoms with van der Waals surface area (Å²) in [5, 5.41) is 4.08. The number of hydrogen-bond donors (Lipinski definition) is 0. The fraction of sp³-hybridized carbons (Fsp3) is 0.176. The third-order valence-electron chi connectivity index (χ3n) is 3.67. The van der Waals surface area contributed by atoms with Gasteiger partial charge < -0.3 is 9.57 Å². The quantitative estimate of drug-likeness (QED) is 0.514. The summed E-state index contributed by atoms with van der Waals surface area (Å²) in [7, 11) is 1.62. The Hall–Kier alpha value is -1.66. The van der Waals surface area contributed by atoms with Crippen molar-refractivity contribution in [1.82, 2.24) is 0 Å². The van der Waals surface area contributed by atoms with Crippen molar-refractivity contribution in [3.8, 4) is 5.75 Å². The lowest BCUT2D eigenvalue weighted by atomic mass is 10.1. The van der Waals surface area contributed by atoms with Crippen LogP contribution >= 0.6 is 31.9 Å². The van der Waals surface area contributed by atoms with Crippen molar-refractivity contribution < 1.29 is 14.4 Å². The Bertz CT molecular complexity index is 802. The van der Waals surface area contributed by atoms with Gasteiger partial charge in [0.15, 0.2) is 0 Å². The number of nitrogens with zero attached hydrogens (tertiary/aromatic N) is 1. The minimum atomic E-state index is -0.493. The highest BCUT2D eigenvalue weighted by atomic mass is 79.9. The van der Waals surface area contributed by atoms with Gasteiger partial charge in [0.05, 0.1) is 18.4 Å². The number of benzene rings is 2. The highest BCUT2D eigenvalue weighted by Crippen LogP contribution is 2.36. The first-order chi connectivity index (χ1) is 11.1. The van der Waals surface area contributed by atoms with Crippen molar-refractivity contribution >= 4 is 43.5 Å². The van der Waals surface area contributed by atoms with Crippen LogP contribution in [0.5, 0.6) is 5.75 Å². The van der Waals surface area contributed by atoms with E-state index >= 15 is 0 Å². The van der Waals surface area contributed by atoms with Crippen molar-refractivity contribution in [2.75, 3.05) is 7.11 Å². The predicted molar refractivity (Wildman–Crippen MR) is 95.1 cm³/mol. The summed E-state index contributed by atoms with van der Waals surface area (Å²) < 4.78 is 7.09. The molecule has 3 rings (SSSR count). The van der Waals surface area contributed by atoms with Crippen molar-refractivity contribution in [2.24, 2.45) is 5.16 Å². The van der Waals surface area contributed by atoms with Crippen molar-refractivity contribution in [3.63, 3.8) is 0 Å². The topological polar surface area (TPSA) is 47.9 Å². The molecular formula is C17H13Br2NO3. The van der Waals surface area contributed by atoms with Crippen molar-refractivity contribution in [2.45, 2.75) is 12.8 Å². The number of hydrogen-bond acceptors (Lipinski definition) is 4. The second-order valence-electron chi connectivity index (χ2n) is 5.00. The number of carbonyl (C=O) groups excluding carboxylic acids is 1. The molecule has 0 fully saturated rings. The third kappa shape index (κ3) is 3.19. The molecule has 2 aromatic carbocycles. The maximum Gasteiger partial charge on any atom is 0.366 e. The Kier molecular flexibility index (Phi) is 4.82. The van der Waals surface area contributed by atoms with E-state index in [0.717, 1.165) is 33.5 Å². The first-order valence-electron chi connectivity index (χ1n) is 7.00. The maximum atomic E-state index is 12.2. The summed E-state index contributed by atoms with van der Waals surface area (Å²) in [6.45, 7) is 0. The van der Waals surface area contributed by atoms with Crippen LogP contribution in [0.2, 0.25) is 0 Å². The summed E-state index contributed by atoms with van der Waals surface area (Å²) in [6, 6.07) is 10.9. The van der Waals surface area contributed by atoms with Gasteiger partial charge in [0.2, 0.25) is 0 Å². The fourth-order valence-corrected chi connectivity index (χ4v) is 3.54. The van der Waals surface area contributed by atoms with Crippen LogP contribution in [0, 0.1) is 0 Å². The Morgan fingerprint density at radius 3 is 2.61 bits per heavy atom. The molecule has 6 heteroatoms. The summed E-state index contributed by atoms with van der Waals surface area (Å²) in [5.41, 5.74) is 3.19. The molecule has 0 heterocycles. The van der Waals surface area contributed by atoms with E-state index in [0.29, 0.717) is 16.5 Å². The molecule has 0 bridgehead atoms. The Morgan fingerprint density at radius 2 is 1.87 bits per heavy atom. The largest absolute Gasteiger partial charge is 0.496 e. The Labute approximate surface area is 150 Å². The highest BCUT2D eigenvalue weighted by Gasteiger charge is 2.25. The van der Waals surface area contributed by atoms with Gasteiger partial charge in [0.25, 0.3) is 0 Å². The highest BCUT2D eigenvalue weighted by molar-refractivity contribution is 9.10. The normalized spacial score (nSPS) is 14.7. The third-order valence-corrected chi connectivity index (χ3v) is 5.10. The van der Waals surface area contributed by atoms with E-state index in [1.807, 2.05) is 18.2 Å². The molecule has 0 saturated heterocycles. The monoisotopic (exact) mass is 437 g/mol. The smallest absolute Gasteiger partial charge is 0.366 e. The molecule has 0 atom stereocenters. The number of carbonyl (C=O) groups is 1. The van der Waals surface area contributed by atoms with Crippen LogP contribution in [0.4, 0.5) is 0 Å². The van der Waals surface area contributed by atoms with Gasteiger partial charge in [-0.2, -0.15) is 0 Å². The molecule has 1 aliphatic rings. The lowest BCUT2D eigenvalue weighted by molar-refractivity contribution is 0.0515. The molecule has 0 unspecified atom stereocenters. The van der Waals surface area contributed by atoms with E-state index in [1.54, 1.807) is 25.3 Å². The number of halogens is 2. The molecule has 23 heavy (non-hydrogen) atoms. The van der Waals surface area contributed by atoms with E-state index in [4.69, 9.17) is 9.57 Å². The van der Waals surface area contributed by atoms with Gasteiger partial charge in [-0.05, 0) is 58.6 Å². The van der Waals surface area contributed by atoms with Gasteiger partial charge in [-0.25, -0.2) is 4.79 Å². The molecule has 118 valence electrons. The Morgan fingerprint density at radius 1 is 1.09 bits per heavy atom. The summed E-state index contributed by atoms with van der Waals surface area (Å²) >= 11 is 6.87. The van der Waals surface area contributed by atoms with E-state index in [9.17, 15) is 4.79 Å². The SMILES string of the molecule is COc1ccc(Br)c2c1/C(=N\OC(=O)c1ccccc1Br)CC2. The summed E-state index contributed by atoms with van der Waals surface area (Å²) in [4.78, 5) is 17.3. The van der Waals surface area contributed by atoms with Gasteiger partial charge >= 0.3 is 5.97 Å². The standard InChI is InChI=1S/C17H13Br2NO3/c1-22-15-9-7-13(19)10-6-8-14(16(10)15)20-23-17(21)11-4-2-3-5-12(11)18/h2-5,7,9H,6,8H2,1H3/b20-14-. The molecule has 1 aliphatic carbocycles. The summed E-state index contributed by atoms with van der Waals surface area (Å²) in [6.07, 6.45) is 1.54. The van der Waals surface area contributed by atoms with Gasteiger partial charge in [-0.15, -0.1) is 0 Å². The van der Waals surface area contributed by atoms with E-state index in [1.165, 1.54) is 0 Å².